The monoisotopic (exact) mass is 346 g/mol. The summed E-state index contributed by atoms with van der Waals surface area (Å²) < 4.78 is 5.16. The summed E-state index contributed by atoms with van der Waals surface area (Å²) in [5.74, 6) is -0.445. The Morgan fingerprint density at radius 3 is 2.64 bits per heavy atom. The van der Waals surface area contributed by atoms with E-state index >= 15 is 0 Å². The van der Waals surface area contributed by atoms with Gasteiger partial charge >= 0.3 is 6.09 Å². The molecule has 0 spiro atoms. The molecule has 0 aliphatic rings. The zero-order chi connectivity index (χ0) is 18.4. The lowest BCUT2D eigenvalue weighted by molar-refractivity contribution is -0.386. The Balaban J connectivity index is 1.87. The lowest BCUT2D eigenvalue weighted by Gasteiger charge is -2.14. The Morgan fingerprint density at radius 1 is 1.24 bits per heavy atom. The fourth-order valence-electron chi connectivity index (χ4n) is 2.30. The van der Waals surface area contributed by atoms with Gasteiger partial charge in [-0.25, -0.2) is 4.79 Å². The highest BCUT2D eigenvalue weighted by atomic mass is 16.6. The van der Waals surface area contributed by atoms with Crippen molar-refractivity contribution in [3.05, 3.63) is 63.7 Å². The van der Waals surface area contributed by atoms with Gasteiger partial charge in [-0.1, -0.05) is 18.2 Å². The number of carbonyl (C=O) groups excluding carboxylic acids is 1. The molecule has 25 heavy (non-hydrogen) atoms. The molecule has 132 valence electrons. The van der Waals surface area contributed by atoms with Gasteiger partial charge in [0.15, 0.2) is 11.5 Å². The summed E-state index contributed by atoms with van der Waals surface area (Å²) in [7, 11) is 0. The van der Waals surface area contributed by atoms with Crippen LogP contribution in [-0.4, -0.2) is 27.8 Å². The van der Waals surface area contributed by atoms with Crippen molar-refractivity contribution in [3.8, 4) is 11.5 Å². The Hall–Kier alpha value is -3.29. The minimum absolute atomic E-state index is 0.109. The van der Waals surface area contributed by atoms with Crippen molar-refractivity contribution in [1.82, 2.24) is 5.32 Å². The summed E-state index contributed by atoms with van der Waals surface area (Å²) in [6, 6.07) is 10.5. The van der Waals surface area contributed by atoms with Gasteiger partial charge in [0, 0.05) is 12.6 Å². The van der Waals surface area contributed by atoms with Crippen LogP contribution in [0.1, 0.15) is 24.2 Å². The van der Waals surface area contributed by atoms with E-state index in [0.29, 0.717) is 12.0 Å². The molecule has 1 amide bonds. The van der Waals surface area contributed by atoms with Crippen molar-refractivity contribution in [2.24, 2.45) is 0 Å². The largest absolute Gasteiger partial charge is 0.504 e. The molecule has 8 nitrogen and oxygen atoms in total. The van der Waals surface area contributed by atoms with Crippen molar-refractivity contribution < 1.29 is 24.7 Å². The SMILES string of the molecule is C[C@@H](OC(=O)NCCc1ccc(O)c(O)c1)c1ccccc1[N+](=O)[O-]. The highest BCUT2D eigenvalue weighted by Gasteiger charge is 2.21. The number of rotatable bonds is 6. The van der Waals surface area contributed by atoms with Crippen LogP contribution in [0.5, 0.6) is 11.5 Å². The number of hydrogen-bond donors (Lipinski definition) is 3. The molecule has 0 aromatic heterocycles. The fraction of sp³-hybridized carbons (Fsp3) is 0.235. The molecular weight excluding hydrogens is 328 g/mol. The molecule has 0 fully saturated rings. The van der Waals surface area contributed by atoms with Crippen LogP contribution in [0.4, 0.5) is 10.5 Å². The third-order valence-corrected chi connectivity index (χ3v) is 3.58. The fourth-order valence-corrected chi connectivity index (χ4v) is 2.30. The first-order valence-electron chi connectivity index (χ1n) is 7.57. The first kappa shape index (κ1) is 18.1. The van der Waals surface area contributed by atoms with Gasteiger partial charge in [-0.3, -0.25) is 10.1 Å². The van der Waals surface area contributed by atoms with Crippen LogP contribution >= 0.6 is 0 Å². The highest BCUT2D eigenvalue weighted by molar-refractivity contribution is 5.67. The number of phenols is 2. The van der Waals surface area contributed by atoms with Gasteiger partial charge in [0.05, 0.1) is 10.5 Å². The lowest BCUT2D eigenvalue weighted by Crippen LogP contribution is -2.27. The molecule has 0 saturated heterocycles. The zero-order valence-corrected chi connectivity index (χ0v) is 13.5. The normalized spacial score (nSPS) is 11.6. The average Bonchev–Trinajstić information content (AvgIpc) is 2.58. The van der Waals surface area contributed by atoms with Gasteiger partial charge < -0.3 is 20.3 Å². The molecule has 2 rings (SSSR count). The van der Waals surface area contributed by atoms with E-state index in [1.807, 2.05) is 0 Å². The third kappa shape index (κ3) is 4.84. The van der Waals surface area contributed by atoms with E-state index in [2.05, 4.69) is 5.32 Å². The number of nitro benzene ring substituents is 1. The number of carbonyl (C=O) groups is 1. The third-order valence-electron chi connectivity index (χ3n) is 3.58. The molecule has 8 heteroatoms. The van der Waals surface area contributed by atoms with Crippen LogP contribution in [0.2, 0.25) is 0 Å². The second-order valence-electron chi connectivity index (χ2n) is 5.36. The average molecular weight is 346 g/mol. The number of ether oxygens (including phenoxy) is 1. The van der Waals surface area contributed by atoms with Crippen molar-refractivity contribution in [3.63, 3.8) is 0 Å². The minimum Gasteiger partial charge on any atom is -0.504 e. The number of hydrogen-bond acceptors (Lipinski definition) is 6. The minimum atomic E-state index is -0.778. The van der Waals surface area contributed by atoms with Gasteiger partial charge in [-0.15, -0.1) is 0 Å². The van der Waals surface area contributed by atoms with E-state index in [9.17, 15) is 25.1 Å². The lowest BCUT2D eigenvalue weighted by atomic mass is 10.1. The molecule has 3 N–H and O–H groups in total. The summed E-state index contributed by atoms with van der Waals surface area (Å²) in [5, 5.41) is 32.2. The Bertz CT molecular complexity index is 777. The maximum atomic E-state index is 11.8. The number of amides is 1. The van der Waals surface area contributed by atoms with Gasteiger partial charge in [-0.2, -0.15) is 0 Å². The first-order chi connectivity index (χ1) is 11.9. The predicted molar refractivity (Wildman–Crippen MR) is 89.5 cm³/mol. The molecule has 2 aromatic rings. The number of aromatic hydroxyl groups is 2. The molecule has 1 atom stereocenters. The molecule has 0 aliphatic carbocycles. The molecule has 0 saturated carbocycles. The number of alkyl carbamates (subject to hydrolysis) is 1. The molecule has 0 unspecified atom stereocenters. The standard InChI is InChI=1S/C17H18N2O6/c1-11(13-4-2-3-5-14(13)19(23)24)25-17(22)18-9-8-12-6-7-15(20)16(21)10-12/h2-7,10-11,20-21H,8-9H2,1H3,(H,18,22)/t11-/m1/s1. The second-order valence-corrected chi connectivity index (χ2v) is 5.36. The summed E-state index contributed by atoms with van der Waals surface area (Å²) >= 11 is 0. The maximum Gasteiger partial charge on any atom is 0.407 e. The molecule has 0 heterocycles. The van der Waals surface area contributed by atoms with Crippen molar-refractivity contribution in [2.45, 2.75) is 19.4 Å². The summed E-state index contributed by atoms with van der Waals surface area (Å²) in [6.07, 6.45) is -1.06. The maximum absolute atomic E-state index is 11.8. The topological polar surface area (TPSA) is 122 Å². The number of nitro groups is 1. The molecule has 0 radical (unpaired) electrons. The van der Waals surface area contributed by atoms with Crippen LogP contribution in [-0.2, 0) is 11.2 Å². The first-order valence-corrected chi connectivity index (χ1v) is 7.57. The molecule has 0 aliphatic heterocycles. The second kappa shape index (κ2) is 8.00. The summed E-state index contributed by atoms with van der Waals surface area (Å²) in [4.78, 5) is 22.3. The molecule has 2 aromatic carbocycles. The Kier molecular flexibility index (Phi) is 5.78. The molecular formula is C17H18N2O6. The quantitative estimate of drug-likeness (QED) is 0.420. The number of phenolic OH excluding ortho intramolecular Hbond substituents is 2. The van der Waals surface area contributed by atoms with E-state index in [-0.39, 0.29) is 23.7 Å². The van der Waals surface area contributed by atoms with Gasteiger partial charge in [-0.05, 0) is 37.1 Å². The Labute approximate surface area is 143 Å². The van der Waals surface area contributed by atoms with Crippen LogP contribution in [0.15, 0.2) is 42.5 Å². The van der Waals surface area contributed by atoms with Gasteiger partial charge in [0.2, 0.25) is 0 Å². The smallest absolute Gasteiger partial charge is 0.407 e. The van der Waals surface area contributed by atoms with E-state index in [4.69, 9.17) is 4.74 Å². The number of para-hydroxylation sites is 1. The zero-order valence-electron chi connectivity index (χ0n) is 13.5. The van der Waals surface area contributed by atoms with E-state index in [1.165, 1.54) is 24.3 Å². The van der Waals surface area contributed by atoms with Crippen LogP contribution in [0.3, 0.4) is 0 Å². The van der Waals surface area contributed by atoms with Crippen molar-refractivity contribution >= 4 is 11.8 Å². The van der Waals surface area contributed by atoms with E-state index < -0.39 is 17.1 Å². The van der Waals surface area contributed by atoms with E-state index in [0.717, 1.165) is 5.56 Å². The predicted octanol–water partition coefficient (Wildman–Crippen LogP) is 3.04. The highest BCUT2D eigenvalue weighted by Crippen LogP contribution is 2.27. The van der Waals surface area contributed by atoms with Crippen molar-refractivity contribution in [1.29, 1.82) is 0 Å². The van der Waals surface area contributed by atoms with Crippen LogP contribution in [0.25, 0.3) is 0 Å². The summed E-state index contributed by atoms with van der Waals surface area (Å²) in [6.45, 7) is 1.80. The van der Waals surface area contributed by atoms with Crippen LogP contribution < -0.4 is 5.32 Å². The number of nitrogens with zero attached hydrogens (tertiary/aromatic N) is 1. The Morgan fingerprint density at radius 2 is 1.96 bits per heavy atom. The number of nitrogens with one attached hydrogen (secondary N) is 1. The molecule has 0 bridgehead atoms. The van der Waals surface area contributed by atoms with Gasteiger partial charge in [0.1, 0.15) is 6.10 Å². The van der Waals surface area contributed by atoms with Gasteiger partial charge in [0.25, 0.3) is 5.69 Å². The number of benzene rings is 2. The van der Waals surface area contributed by atoms with Crippen molar-refractivity contribution in [2.75, 3.05) is 6.54 Å². The van der Waals surface area contributed by atoms with E-state index in [1.54, 1.807) is 25.1 Å². The van der Waals surface area contributed by atoms with Crippen LogP contribution in [0, 0.1) is 10.1 Å². The summed E-state index contributed by atoms with van der Waals surface area (Å²) in [5.41, 5.74) is 0.927.